The van der Waals surface area contributed by atoms with Crippen LogP contribution in [0.3, 0.4) is 0 Å². The van der Waals surface area contributed by atoms with Crippen LogP contribution in [0.1, 0.15) is 107 Å². The highest BCUT2D eigenvalue weighted by Gasteiger charge is 2.65. The summed E-state index contributed by atoms with van der Waals surface area (Å²) in [6.45, 7) is 17.2. The molecule has 38 heavy (non-hydrogen) atoms. The fraction of sp³-hybridized carbons (Fsp3) is 0.758. The molecule has 0 amide bonds. The Balaban J connectivity index is 1.90. The van der Waals surface area contributed by atoms with Gasteiger partial charge in [0.2, 0.25) is 0 Å². The molecule has 0 N–H and O–H groups in total. The van der Waals surface area contributed by atoms with E-state index in [9.17, 15) is 19.6 Å². The van der Waals surface area contributed by atoms with Crippen molar-refractivity contribution in [2.45, 2.75) is 107 Å². The Morgan fingerprint density at radius 1 is 0.921 bits per heavy atom. The number of fused-ring (bicyclic) bond motifs is 5. The van der Waals surface area contributed by atoms with E-state index < -0.39 is 16.2 Å². The van der Waals surface area contributed by atoms with Crippen molar-refractivity contribution in [2.24, 2.45) is 44.3 Å². The van der Waals surface area contributed by atoms with Gasteiger partial charge in [-0.05, 0) is 86.5 Å². The number of hydrogen-bond acceptors (Lipinski definition) is 5. The number of rotatable bonds is 1. The van der Waals surface area contributed by atoms with Gasteiger partial charge in [-0.3, -0.25) is 14.4 Å². The molecule has 0 aromatic carbocycles. The lowest BCUT2D eigenvalue weighted by atomic mass is 9.38. The molecule has 0 aromatic heterocycles. The lowest BCUT2D eigenvalue weighted by molar-refractivity contribution is -0.155. The van der Waals surface area contributed by atoms with Gasteiger partial charge in [0.05, 0.1) is 18.1 Å². The normalized spacial score (nSPS) is 42.3. The van der Waals surface area contributed by atoms with Crippen LogP contribution in [0.4, 0.5) is 0 Å². The Bertz CT molecular complexity index is 1170. The molecule has 5 nitrogen and oxygen atoms in total. The lowest BCUT2D eigenvalue weighted by Crippen LogP contribution is -2.60. The van der Waals surface area contributed by atoms with Crippen molar-refractivity contribution in [1.82, 2.24) is 0 Å². The van der Waals surface area contributed by atoms with Crippen LogP contribution < -0.4 is 0 Å². The summed E-state index contributed by atoms with van der Waals surface area (Å²) in [5.41, 5.74) is -1.20. The molecule has 6 atom stereocenters. The molecule has 2 saturated carbocycles. The summed E-state index contributed by atoms with van der Waals surface area (Å²) in [5, 5.41) is 9.89. The van der Waals surface area contributed by atoms with Gasteiger partial charge in [0, 0.05) is 16.7 Å². The van der Waals surface area contributed by atoms with Crippen molar-refractivity contribution in [3.63, 3.8) is 0 Å². The first-order valence-corrected chi connectivity index (χ1v) is 14.4. The van der Waals surface area contributed by atoms with Crippen molar-refractivity contribution in [2.75, 3.05) is 7.11 Å². The standard InChI is InChI=1S/C33H47NO4/c1-28(2)12-10-22-23(35)18-25-31(6)19-21(20-34)26(36)29(3,4)24(31)11-13-33(25,8)32(22,7)17-16-30(5,15-14-28)27(37)38-9/h18-19,22,24H,10-17H2,1-9H3/t22?,24-,30-,31-,32+,33+/m0/s1. The average molecular weight is 522 g/mol. The highest BCUT2D eigenvalue weighted by atomic mass is 16.5. The molecule has 5 heteroatoms. The molecular formula is C33H47NO4. The topological polar surface area (TPSA) is 84.2 Å². The van der Waals surface area contributed by atoms with Crippen molar-refractivity contribution >= 4 is 17.5 Å². The summed E-state index contributed by atoms with van der Waals surface area (Å²) in [4.78, 5) is 40.5. The monoisotopic (exact) mass is 521 g/mol. The Kier molecular flexibility index (Phi) is 6.74. The van der Waals surface area contributed by atoms with E-state index in [4.69, 9.17) is 4.74 Å². The van der Waals surface area contributed by atoms with Crippen LogP contribution in [-0.2, 0) is 19.1 Å². The molecule has 1 unspecified atom stereocenters. The molecule has 0 aliphatic heterocycles. The second-order valence-electron chi connectivity index (χ2n) is 15.1. The zero-order valence-corrected chi connectivity index (χ0v) is 25.0. The van der Waals surface area contributed by atoms with E-state index in [-0.39, 0.29) is 51.2 Å². The van der Waals surface area contributed by atoms with Crippen LogP contribution in [0.25, 0.3) is 0 Å². The molecule has 2 fully saturated rings. The van der Waals surface area contributed by atoms with E-state index in [1.165, 1.54) is 7.11 Å². The highest BCUT2D eigenvalue weighted by Crippen LogP contribution is 2.70. The Labute approximate surface area is 229 Å². The maximum absolute atomic E-state index is 14.1. The summed E-state index contributed by atoms with van der Waals surface area (Å²) >= 11 is 0. The summed E-state index contributed by atoms with van der Waals surface area (Å²) in [7, 11) is 1.47. The smallest absolute Gasteiger partial charge is 0.311 e. The number of Topliss-reactive ketones (excluding diaryl/α,β-unsaturated/α-hetero) is 1. The van der Waals surface area contributed by atoms with E-state index in [0.29, 0.717) is 6.42 Å². The number of ether oxygens (including phenoxy) is 1. The number of carbonyl (C=O) groups excluding carboxylic acids is 3. The minimum Gasteiger partial charge on any atom is -0.469 e. The molecular weight excluding hydrogens is 474 g/mol. The second kappa shape index (κ2) is 8.90. The molecule has 208 valence electrons. The van der Waals surface area contributed by atoms with Gasteiger partial charge in [-0.15, -0.1) is 0 Å². The Hall–Kier alpha value is -2.22. The van der Waals surface area contributed by atoms with Gasteiger partial charge in [0.1, 0.15) is 6.07 Å². The predicted molar refractivity (Wildman–Crippen MR) is 148 cm³/mol. The molecule has 0 aromatic rings. The maximum atomic E-state index is 14.1. The summed E-state index contributed by atoms with van der Waals surface area (Å²) in [5.74, 6) is -0.201. The first kappa shape index (κ1) is 28.8. The average Bonchev–Trinajstić information content (AvgIpc) is 2.84. The fourth-order valence-corrected chi connectivity index (χ4v) is 9.04. The van der Waals surface area contributed by atoms with E-state index >= 15 is 0 Å². The molecule has 4 aliphatic rings. The number of nitrogens with zero attached hydrogens (tertiary/aromatic N) is 1. The SMILES string of the molecule is COC(=O)[C@@]1(C)CCC(C)(C)CCC2C(=O)C=C3[C@@]4(C)C=C(C#N)C(=O)C(C)(C)[C@@H]4CC[C@@]3(C)[C@]2(C)CC1. The molecule has 4 rings (SSSR count). The zero-order chi connectivity index (χ0) is 28.5. The van der Waals surface area contributed by atoms with Crippen molar-refractivity contribution in [3.05, 3.63) is 23.3 Å². The molecule has 4 aliphatic carbocycles. The largest absolute Gasteiger partial charge is 0.469 e. The molecule has 0 spiro atoms. The number of methoxy groups -OCH3 is 1. The van der Waals surface area contributed by atoms with Gasteiger partial charge in [0.25, 0.3) is 0 Å². The van der Waals surface area contributed by atoms with Gasteiger partial charge >= 0.3 is 5.97 Å². The van der Waals surface area contributed by atoms with Crippen LogP contribution in [0.5, 0.6) is 0 Å². The fourth-order valence-electron chi connectivity index (χ4n) is 9.04. The third-order valence-electron chi connectivity index (χ3n) is 12.1. The molecule has 0 radical (unpaired) electrons. The minimum atomic E-state index is -0.679. The minimum absolute atomic E-state index is 0.0144. The van der Waals surface area contributed by atoms with Gasteiger partial charge in [-0.2, -0.15) is 5.26 Å². The summed E-state index contributed by atoms with van der Waals surface area (Å²) in [6.07, 6.45) is 10.4. The Morgan fingerprint density at radius 2 is 1.55 bits per heavy atom. The first-order chi connectivity index (χ1) is 17.4. The molecule has 0 heterocycles. The third kappa shape index (κ3) is 3.96. The quantitative estimate of drug-likeness (QED) is 0.342. The van der Waals surface area contributed by atoms with Crippen LogP contribution in [0.15, 0.2) is 23.3 Å². The second-order valence-corrected chi connectivity index (χ2v) is 15.1. The van der Waals surface area contributed by atoms with E-state index in [1.807, 2.05) is 32.9 Å². The Morgan fingerprint density at radius 3 is 2.16 bits per heavy atom. The third-order valence-corrected chi connectivity index (χ3v) is 12.1. The summed E-state index contributed by atoms with van der Waals surface area (Å²) in [6, 6.07) is 2.17. The maximum Gasteiger partial charge on any atom is 0.311 e. The first-order valence-electron chi connectivity index (χ1n) is 14.4. The van der Waals surface area contributed by atoms with Gasteiger partial charge in [-0.25, -0.2) is 0 Å². The van der Waals surface area contributed by atoms with Crippen LogP contribution in [-0.4, -0.2) is 24.6 Å². The van der Waals surface area contributed by atoms with Crippen LogP contribution in [0, 0.1) is 55.7 Å². The number of ketones is 2. The highest BCUT2D eigenvalue weighted by molar-refractivity contribution is 6.04. The van der Waals surface area contributed by atoms with E-state index in [1.54, 1.807) is 0 Å². The number of carbonyl (C=O) groups is 3. The van der Waals surface area contributed by atoms with Crippen molar-refractivity contribution in [3.8, 4) is 6.07 Å². The number of nitriles is 1. The lowest BCUT2D eigenvalue weighted by Gasteiger charge is -2.65. The van der Waals surface area contributed by atoms with Gasteiger partial charge in [-0.1, -0.05) is 60.1 Å². The van der Waals surface area contributed by atoms with Gasteiger partial charge in [0.15, 0.2) is 11.6 Å². The van der Waals surface area contributed by atoms with Crippen LogP contribution >= 0.6 is 0 Å². The van der Waals surface area contributed by atoms with E-state index in [2.05, 4.69) is 40.7 Å². The number of esters is 1. The van der Waals surface area contributed by atoms with E-state index in [0.717, 1.165) is 50.5 Å². The van der Waals surface area contributed by atoms with Crippen molar-refractivity contribution in [1.29, 1.82) is 5.26 Å². The van der Waals surface area contributed by atoms with Gasteiger partial charge < -0.3 is 4.74 Å². The number of allylic oxidation sites excluding steroid dienone is 4. The van der Waals surface area contributed by atoms with Crippen molar-refractivity contribution < 1.29 is 19.1 Å². The number of hydrogen-bond donors (Lipinski definition) is 0. The zero-order valence-electron chi connectivity index (χ0n) is 25.0. The van der Waals surface area contributed by atoms with Crippen LogP contribution in [0.2, 0.25) is 0 Å². The predicted octanol–water partition coefficient (Wildman–Crippen LogP) is 7.16. The molecule has 0 saturated heterocycles. The molecule has 0 bridgehead atoms. The summed E-state index contributed by atoms with van der Waals surface area (Å²) < 4.78 is 5.31.